The average Bonchev–Trinajstić information content (AvgIpc) is 2.53. The van der Waals surface area contributed by atoms with Crippen LogP contribution < -0.4 is 0 Å². The Labute approximate surface area is 74.7 Å². The van der Waals surface area contributed by atoms with Gasteiger partial charge in [-0.3, -0.25) is 0 Å². The van der Waals surface area contributed by atoms with Gasteiger partial charge in [-0.1, -0.05) is 12.7 Å². The zero-order chi connectivity index (χ0) is 10.1. The number of carbonyl (C=O) groups excluding carboxylic acids is 1. The van der Waals surface area contributed by atoms with E-state index in [1.165, 1.54) is 6.08 Å². The Bertz CT molecular complexity index is 179. The van der Waals surface area contributed by atoms with Crippen LogP contribution in [-0.4, -0.2) is 37.2 Å². The minimum atomic E-state index is -1.26. The lowest BCUT2D eigenvalue weighted by atomic mass is 10.7. The Morgan fingerprint density at radius 2 is 2.15 bits per heavy atom. The number of ether oxygens (including phenoxy) is 3. The van der Waals surface area contributed by atoms with Crippen LogP contribution in [0.15, 0.2) is 12.7 Å². The van der Waals surface area contributed by atoms with Gasteiger partial charge in [0.25, 0.3) is 0 Å². The molecule has 1 saturated heterocycles. The van der Waals surface area contributed by atoms with E-state index in [1.54, 1.807) is 0 Å². The maximum atomic E-state index is 9.80. The van der Waals surface area contributed by atoms with Gasteiger partial charge in [0.2, 0.25) is 0 Å². The molecule has 1 N–H and O–H groups in total. The summed E-state index contributed by atoms with van der Waals surface area (Å²) in [5.74, 6) is 0. The van der Waals surface area contributed by atoms with Crippen molar-refractivity contribution in [1.82, 2.24) is 0 Å². The first-order valence-electron chi connectivity index (χ1n) is 3.43. The molecule has 0 aromatic rings. The first-order valence-corrected chi connectivity index (χ1v) is 3.43. The van der Waals surface area contributed by atoms with E-state index in [0.29, 0.717) is 13.2 Å². The molecule has 13 heavy (non-hydrogen) atoms. The second-order valence-electron chi connectivity index (χ2n) is 1.81. The summed E-state index contributed by atoms with van der Waals surface area (Å²) in [4.78, 5) is 19.3. The van der Waals surface area contributed by atoms with Crippen molar-refractivity contribution in [2.45, 2.75) is 0 Å². The largest absolute Gasteiger partial charge is 0.508 e. The second kappa shape index (κ2) is 6.96. The van der Waals surface area contributed by atoms with Crippen molar-refractivity contribution in [2.24, 2.45) is 0 Å². The third-order valence-corrected chi connectivity index (χ3v) is 0.848. The minimum Gasteiger partial charge on any atom is -0.450 e. The molecule has 1 rings (SSSR count). The van der Waals surface area contributed by atoms with Gasteiger partial charge in [-0.25, -0.2) is 9.59 Å². The molecular formula is C7H10O6. The van der Waals surface area contributed by atoms with Gasteiger partial charge >= 0.3 is 12.3 Å². The quantitative estimate of drug-likeness (QED) is 0.517. The first-order chi connectivity index (χ1) is 6.16. The lowest BCUT2D eigenvalue weighted by molar-refractivity contribution is 0.102. The predicted molar refractivity (Wildman–Crippen MR) is 41.5 cm³/mol. The molecule has 0 unspecified atom stereocenters. The number of cyclic esters (lactones) is 2. The van der Waals surface area contributed by atoms with Gasteiger partial charge in [-0.05, 0) is 0 Å². The number of hydrogen-bond donors (Lipinski definition) is 1. The maximum Gasteiger partial charge on any atom is 0.508 e. The summed E-state index contributed by atoms with van der Waals surface area (Å²) in [6, 6.07) is 0. The highest BCUT2D eigenvalue weighted by atomic mass is 16.8. The zero-order valence-electron chi connectivity index (χ0n) is 6.89. The van der Waals surface area contributed by atoms with Gasteiger partial charge in [0.1, 0.15) is 19.8 Å². The van der Waals surface area contributed by atoms with Crippen molar-refractivity contribution >= 4 is 12.3 Å². The molecule has 0 aliphatic carbocycles. The van der Waals surface area contributed by atoms with Gasteiger partial charge in [0, 0.05) is 0 Å². The van der Waals surface area contributed by atoms with Crippen LogP contribution in [0.1, 0.15) is 0 Å². The fourth-order valence-electron chi connectivity index (χ4n) is 0.422. The fraction of sp³-hybridized carbons (Fsp3) is 0.429. The summed E-state index contributed by atoms with van der Waals surface area (Å²) < 4.78 is 12.6. The third kappa shape index (κ3) is 8.18. The molecule has 6 heteroatoms. The number of hydrogen-bond acceptors (Lipinski definition) is 5. The Hall–Kier alpha value is -1.72. The van der Waals surface area contributed by atoms with Gasteiger partial charge in [0.05, 0.1) is 0 Å². The molecule has 0 atom stereocenters. The summed E-state index contributed by atoms with van der Waals surface area (Å²) in [7, 11) is 0. The summed E-state index contributed by atoms with van der Waals surface area (Å²) in [5, 5.41) is 7.77. The van der Waals surface area contributed by atoms with E-state index in [1.807, 2.05) is 0 Å². The normalized spacial score (nSPS) is 13.1. The van der Waals surface area contributed by atoms with Crippen LogP contribution in [0.5, 0.6) is 0 Å². The average molecular weight is 190 g/mol. The number of carboxylic acid groups (broad SMARTS) is 1. The maximum absolute atomic E-state index is 9.80. The SMILES string of the molecule is C=CCOC(=O)O.O=C1OCCO1. The van der Waals surface area contributed by atoms with Gasteiger partial charge in [0.15, 0.2) is 0 Å². The summed E-state index contributed by atoms with van der Waals surface area (Å²) in [6.07, 6.45) is -0.441. The standard InChI is InChI=1S/C4H6O3.C3H4O3/c1-2-3-7-4(5)6;4-3-5-1-2-6-3/h2H,1,3H2,(H,5,6);1-2H2. The van der Waals surface area contributed by atoms with Crippen molar-refractivity contribution in [3.63, 3.8) is 0 Å². The smallest absolute Gasteiger partial charge is 0.450 e. The van der Waals surface area contributed by atoms with Crippen LogP contribution in [0.4, 0.5) is 9.59 Å². The molecule has 1 aliphatic rings. The molecule has 0 amide bonds. The monoisotopic (exact) mass is 190 g/mol. The molecular weight excluding hydrogens is 180 g/mol. The molecule has 0 radical (unpaired) electrons. The highest BCUT2D eigenvalue weighted by Gasteiger charge is 2.09. The summed E-state index contributed by atoms with van der Waals surface area (Å²) >= 11 is 0. The van der Waals surface area contributed by atoms with Crippen molar-refractivity contribution in [3.05, 3.63) is 12.7 Å². The van der Waals surface area contributed by atoms with Gasteiger partial charge < -0.3 is 19.3 Å². The second-order valence-corrected chi connectivity index (χ2v) is 1.81. The summed E-state index contributed by atoms with van der Waals surface area (Å²) in [6.45, 7) is 4.14. The van der Waals surface area contributed by atoms with Crippen molar-refractivity contribution in [2.75, 3.05) is 19.8 Å². The van der Waals surface area contributed by atoms with Crippen LogP contribution in [0, 0.1) is 0 Å². The topological polar surface area (TPSA) is 82.1 Å². The highest BCUT2D eigenvalue weighted by molar-refractivity contribution is 5.61. The molecule has 1 heterocycles. The van der Waals surface area contributed by atoms with E-state index >= 15 is 0 Å². The van der Waals surface area contributed by atoms with Gasteiger partial charge in [-0.2, -0.15) is 0 Å². The Kier molecular flexibility index (Phi) is 6.04. The van der Waals surface area contributed by atoms with E-state index in [2.05, 4.69) is 20.8 Å². The number of rotatable bonds is 2. The summed E-state index contributed by atoms with van der Waals surface area (Å²) in [5.41, 5.74) is 0. The molecule has 0 spiro atoms. The molecule has 74 valence electrons. The van der Waals surface area contributed by atoms with E-state index in [-0.39, 0.29) is 6.61 Å². The Morgan fingerprint density at radius 3 is 2.31 bits per heavy atom. The highest BCUT2D eigenvalue weighted by Crippen LogP contribution is 1.92. The fourth-order valence-corrected chi connectivity index (χ4v) is 0.422. The first kappa shape index (κ1) is 11.3. The van der Waals surface area contributed by atoms with Crippen LogP contribution in [0.25, 0.3) is 0 Å². The molecule has 0 aromatic carbocycles. The lowest BCUT2D eigenvalue weighted by Crippen LogP contribution is -1.98. The van der Waals surface area contributed by atoms with Crippen molar-refractivity contribution in [3.8, 4) is 0 Å². The van der Waals surface area contributed by atoms with Gasteiger partial charge in [-0.15, -0.1) is 0 Å². The number of carbonyl (C=O) groups is 2. The molecule has 6 nitrogen and oxygen atoms in total. The Balaban J connectivity index is 0.000000223. The lowest BCUT2D eigenvalue weighted by Gasteiger charge is -1.88. The zero-order valence-corrected chi connectivity index (χ0v) is 6.89. The van der Waals surface area contributed by atoms with Crippen molar-refractivity contribution in [1.29, 1.82) is 0 Å². The van der Waals surface area contributed by atoms with Crippen LogP contribution in [0.3, 0.4) is 0 Å². The van der Waals surface area contributed by atoms with Crippen LogP contribution >= 0.6 is 0 Å². The molecule has 0 aromatic heterocycles. The van der Waals surface area contributed by atoms with Crippen LogP contribution in [-0.2, 0) is 14.2 Å². The van der Waals surface area contributed by atoms with Crippen LogP contribution in [0.2, 0.25) is 0 Å². The van der Waals surface area contributed by atoms with E-state index < -0.39 is 12.3 Å². The molecule has 1 fully saturated rings. The molecule has 0 bridgehead atoms. The molecule has 0 saturated carbocycles. The predicted octanol–water partition coefficient (Wildman–Crippen LogP) is 1.02. The Morgan fingerprint density at radius 1 is 1.62 bits per heavy atom. The third-order valence-electron chi connectivity index (χ3n) is 0.848. The van der Waals surface area contributed by atoms with E-state index in [0.717, 1.165) is 0 Å². The molecule has 1 aliphatic heterocycles. The van der Waals surface area contributed by atoms with E-state index in [9.17, 15) is 9.59 Å². The van der Waals surface area contributed by atoms with Crippen molar-refractivity contribution < 1.29 is 28.9 Å². The van der Waals surface area contributed by atoms with E-state index in [4.69, 9.17) is 5.11 Å². The minimum absolute atomic E-state index is 0.0648.